The maximum Gasteiger partial charge on any atom is 0.289 e. The number of nitrogens with zero attached hydrogens (tertiary/aromatic N) is 2. The van der Waals surface area contributed by atoms with Crippen molar-refractivity contribution in [2.75, 3.05) is 32.8 Å². The summed E-state index contributed by atoms with van der Waals surface area (Å²) in [6.07, 6.45) is 0. The van der Waals surface area contributed by atoms with E-state index in [1.54, 1.807) is 15.9 Å². The van der Waals surface area contributed by atoms with Crippen LogP contribution in [0.2, 0.25) is 0 Å². The molecule has 1 aliphatic rings. The number of rotatable bonds is 2. The first-order chi connectivity index (χ1) is 11.0. The Morgan fingerprint density at radius 2 is 1.65 bits per heavy atom. The molecule has 0 spiro atoms. The fourth-order valence-corrected chi connectivity index (χ4v) is 2.82. The zero-order valence-corrected chi connectivity index (χ0v) is 13.3. The second-order valence-electron chi connectivity index (χ2n) is 5.92. The van der Waals surface area contributed by atoms with Gasteiger partial charge < -0.3 is 19.3 Å². The van der Waals surface area contributed by atoms with Gasteiger partial charge in [0.05, 0.1) is 0 Å². The Bertz CT molecular complexity index is 718. The Labute approximate surface area is 134 Å². The quantitative estimate of drug-likeness (QED) is 0.907. The molecule has 6 nitrogen and oxygen atoms in total. The average Bonchev–Trinajstić information content (AvgIpc) is 2.96. The van der Waals surface area contributed by atoms with Crippen LogP contribution in [0, 0.1) is 13.8 Å². The lowest BCUT2D eigenvalue weighted by Gasteiger charge is -2.33. The number of fused-ring (bicyclic) bond motifs is 1. The number of hydrogen-bond acceptors (Lipinski definition) is 4. The second kappa shape index (κ2) is 6.04. The molecule has 1 aromatic heterocycles. The molecule has 122 valence electrons. The van der Waals surface area contributed by atoms with Crippen LogP contribution in [-0.4, -0.2) is 59.5 Å². The molecule has 0 bridgehead atoms. The molecule has 0 atom stereocenters. The number of amides is 2. The van der Waals surface area contributed by atoms with E-state index in [1.165, 1.54) is 0 Å². The van der Waals surface area contributed by atoms with Gasteiger partial charge in [0.2, 0.25) is 5.91 Å². The summed E-state index contributed by atoms with van der Waals surface area (Å²) in [4.78, 5) is 27.3. The Morgan fingerprint density at radius 3 is 2.30 bits per heavy atom. The molecule has 1 aliphatic heterocycles. The Kier molecular flexibility index (Phi) is 4.09. The maximum absolute atomic E-state index is 12.6. The molecule has 1 fully saturated rings. The van der Waals surface area contributed by atoms with Crippen molar-refractivity contribution in [3.8, 4) is 0 Å². The van der Waals surface area contributed by atoms with Crippen LogP contribution >= 0.6 is 0 Å². The van der Waals surface area contributed by atoms with E-state index in [2.05, 4.69) is 0 Å². The highest BCUT2D eigenvalue weighted by Crippen LogP contribution is 2.24. The summed E-state index contributed by atoms with van der Waals surface area (Å²) in [6.45, 7) is 5.31. The fraction of sp³-hybridized carbons (Fsp3) is 0.412. The number of piperazine rings is 1. The third-order valence-corrected chi connectivity index (χ3v) is 4.40. The van der Waals surface area contributed by atoms with Gasteiger partial charge in [-0.2, -0.15) is 0 Å². The minimum Gasteiger partial charge on any atom is -0.451 e. The molecule has 0 radical (unpaired) electrons. The van der Waals surface area contributed by atoms with E-state index in [0.29, 0.717) is 37.5 Å². The van der Waals surface area contributed by atoms with Gasteiger partial charge in [0, 0.05) is 31.6 Å². The lowest BCUT2D eigenvalue weighted by atomic mass is 10.1. The summed E-state index contributed by atoms with van der Waals surface area (Å²) < 4.78 is 5.70. The summed E-state index contributed by atoms with van der Waals surface area (Å²) >= 11 is 0. The number of benzene rings is 1. The normalized spacial score (nSPS) is 15.3. The maximum atomic E-state index is 12.6. The van der Waals surface area contributed by atoms with E-state index in [1.807, 2.05) is 26.0 Å². The number of aliphatic hydroxyl groups is 1. The van der Waals surface area contributed by atoms with E-state index in [-0.39, 0.29) is 11.8 Å². The van der Waals surface area contributed by atoms with Gasteiger partial charge >= 0.3 is 0 Å². The van der Waals surface area contributed by atoms with Crippen LogP contribution in [0.1, 0.15) is 21.7 Å². The molecule has 23 heavy (non-hydrogen) atoms. The van der Waals surface area contributed by atoms with E-state index in [4.69, 9.17) is 9.52 Å². The first-order valence-corrected chi connectivity index (χ1v) is 7.68. The summed E-state index contributed by atoms with van der Waals surface area (Å²) in [7, 11) is 0. The van der Waals surface area contributed by atoms with Crippen molar-refractivity contribution < 1.29 is 19.1 Å². The van der Waals surface area contributed by atoms with Crippen LogP contribution in [0.3, 0.4) is 0 Å². The summed E-state index contributed by atoms with van der Waals surface area (Å²) in [5, 5.41) is 9.80. The van der Waals surface area contributed by atoms with Gasteiger partial charge in [-0.3, -0.25) is 9.59 Å². The van der Waals surface area contributed by atoms with Gasteiger partial charge in [0.25, 0.3) is 5.91 Å². The van der Waals surface area contributed by atoms with Crippen LogP contribution in [0.15, 0.2) is 22.6 Å². The zero-order chi connectivity index (χ0) is 16.6. The molecule has 3 rings (SSSR count). The molecule has 2 heterocycles. The molecule has 0 unspecified atom stereocenters. The summed E-state index contributed by atoms with van der Waals surface area (Å²) in [6, 6.07) is 5.73. The van der Waals surface area contributed by atoms with Crippen LogP contribution in [0.5, 0.6) is 0 Å². The minimum atomic E-state index is -0.490. The largest absolute Gasteiger partial charge is 0.451 e. The van der Waals surface area contributed by atoms with Crippen molar-refractivity contribution in [1.29, 1.82) is 0 Å². The van der Waals surface area contributed by atoms with E-state index in [9.17, 15) is 9.59 Å². The Morgan fingerprint density at radius 1 is 1.04 bits per heavy atom. The van der Waals surface area contributed by atoms with Crippen molar-refractivity contribution >= 4 is 22.8 Å². The predicted molar refractivity (Wildman–Crippen MR) is 85.3 cm³/mol. The molecule has 0 saturated carbocycles. The van der Waals surface area contributed by atoms with E-state index >= 15 is 0 Å². The molecule has 6 heteroatoms. The molecule has 2 aromatic rings. The van der Waals surface area contributed by atoms with Crippen LogP contribution in [0.25, 0.3) is 11.0 Å². The van der Waals surface area contributed by atoms with Gasteiger partial charge in [-0.25, -0.2) is 0 Å². The van der Waals surface area contributed by atoms with E-state index in [0.717, 1.165) is 16.5 Å². The molecular weight excluding hydrogens is 296 g/mol. The number of aryl methyl sites for hydroxylation is 2. The van der Waals surface area contributed by atoms with Gasteiger partial charge in [0.15, 0.2) is 5.76 Å². The third kappa shape index (κ3) is 2.94. The lowest BCUT2D eigenvalue weighted by Crippen LogP contribution is -2.51. The molecule has 1 saturated heterocycles. The van der Waals surface area contributed by atoms with Gasteiger partial charge in [-0.15, -0.1) is 0 Å². The highest BCUT2D eigenvalue weighted by Gasteiger charge is 2.26. The van der Waals surface area contributed by atoms with Gasteiger partial charge in [-0.1, -0.05) is 0 Å². The smallest absolute Gasteiger partial charge is 0.289 e. The zero-order valence-electron chi connectivity index (χ0n) is 13.3. The highest BCUT2D eigenvalue weighted by molar-refractivity contribution is 5.96. The van der Waals surface area contributed by atoms with Gasteiger partial charge in [-0.05, 0) is 43.2 Å². The topological polar surface area (TPSA) is 74.0 Å². The predicted octanol–water partition coefficient (Wildman–Crippen LogP) is 1.33. The monoisotopic (exact) mass is 316 g/mol. The number of furan rings is 1. The number of hydrogen-bond donors (Lipinski definition) is 1. The SMILES string of the molecule is Cc1cc2cc(C(=O)N3CCN(C(=O)CO)CC3)oc2cc1C. The van der Waals surface area contributed by atoms with E-state index < -0.39 is 6.61 Å². The standard InChI is InChI=1S/C17H20N2O4/c1-11-7-13-9-15(23-14(13)8-12(11)2)17(22)19-5-3-18(4-6-19)16(21)10-20/h7-9,20H,3-6,10H2,1-2H3. The van der Waals surface area contributed by atoms with Gasteiger partial charge in [0.1, 0.15) is 12.2 Å². The van der Waals surface area contributed by atoms with Crippen molar-refractivity contribution in [3.05, 3.63) is 35.1 Å². The number of carbonyl (C=O) groups excluding carboxylic acids is 2. The fourth-order valence-electron chi connectivity index (χ4n) is 2.82. The lowest BCUT2D eigenvalue weighted by molar-refractivity contribution is -0.135. The number of carbonyl (C=O) groups is 2. The molecule has 1 aromatic carbocycles. The summed E-state index contributed by atoms with van der Waals surface area (Å²) in [5.74, 6) is -0.133. The summed E-state index contributed by atoms with van der Waals surface area (Å²) in [5.41, 5.74) is 3.00. The molecular formula is C17H20N2O4. The highest BCUT2D eigenvalue weighted by atomic mass is 16.3. The Hall–Kier alpha value is -2.34. The molecule has 1 N–H and O–H groups in total. The van der Waals surface area contributed by atoms with Crippen LogP contribution in [-0.2, 0) is 4.79 Å². The van der Waals surface area contributed by atoms with Crippen molar-refractivity contribution in [3.63, 3.8) is 0 Å². The average molecular weight is 316 g/mol. The van der Waals surface area contributed by atoms with Crippen molar-refractivity contribution in [2.45, 2.75) is 13.8 Å². The van der Waals surface area contributed by atoms with Crippen LogP contribution in [0.4, 0.5) is 0 Å². The first-order valence-electron chi connectivity index (χ1n) is 7.68. The number of aliphatic hydroxyl groups excluding tert-OH is 1. The minimum absolute atomic E-state index is 0.160. The second-order valence-corrected chi connectivity index (χ2v) is 5.92. The first kappa shape index (κ1) is 15.6. The molecule has 0 aliphatic carbocycles. The van der Waals surface area contributed by atoms with Crippen molar-refractivity contribution in [1.82, 2.24) is 9.80 Å². The van der Waals surface area contributed by atoms with Crippen molar-refractivity contribution in [2.24, 2.45) is 0 Å². The molecule has 2 amide bonds. The van der Waals surface area contributed by atoms with Crippen LogP contribution < -0.4 is 0 Å². The third-order valence-electron chi connectivity index (χ3n) is 4.40. The Balaban J connectivity index is 1.75.